The van der Waals surface area contributed by atoms with Crippen molar-refractivity contribution in [2.75, 3.05) is 6.61 Å². The molecule has 0 heterocycles. The first-order valence-corrected chi connectivity index (χ1v) is 9.20. The number of allylic oxidation sites excluding steroid dienone is 1. The SMILES string of the molecule is CCOC(=O)/C1=C/CC[C@H](C2C[C@@H]2F)c2c(cc(F)c(Br)c2C)C1=O. The summed E-state index contributed by atoms with van der Waals surface area (Å²) in [6.45, 7) is 3.53. The van der Waals surface area contributed by atoms with Gasteiger partial charge in [0.05, 0.1) is 11.1 Å². The largest absolute Gasteiger partial charge is 0.462 e. The third kappa shape index (κ3) is 3.28. The zero-order chi connectivity index (χ0) is 18.3. The van der Waals surface area contributed by atoms with E-state index in [-0.39, 0.29) is 34.1 Å². The maximum absolute atomic E-state index is 14.3. The molecule has 1 fully saturated rings. The summed E-state index contributed by atoms with van der Waals surface area (Å²) < 4.78 is 33.2. The second kappa shape index (κ2) is 6.98. The zero-order valence-electron chi connectivity index (χ0n) is 14.1. The highest BCUT2D eigenvalue weighted by Gasteiger charge is 2.46. The van der Waals surface area contributed by atoms with Gasteiger partial charge in [0, 0.05) is 5.56 Å². The normalized spacial score (nSPS) is 27.6. The molecule has 0 aliphatic heterocycles. The van der Waals surface area contributed by atoms with Crippen LogP contribution in [-0.2, 0) is 9.53 Å². The number of esters is 1. The van der Waals surface area contributed by atoms with Crippen LogP contribution < -0.4 is 0 Å². The van der Waals surface area contributed by atoms with Gasteiger partial charge >= 0.3 is 5.97 Å². The molecule has 3 rings (SSSR count). The number of benzene rings is 1. The Morgan fingerprint density at radius 2 is 2.12 bits per heavy atom. The standard InChI is InChI=1S/C19H19BrF2O3/c1-3-25-19(24)11-6-4-5-10(12-7-14(12)21)16-9(2)17(20)15(22)8-13(16)18(11)23/h6,8,10,12,14H,3-5,7H2,1-2H3/b11-6+/t10-,12?,14+/m1/s1. The first kappa shape index (κ1) is 18.2. The number of fused-ring (bicyclic) bond motifs is 1. The lowest BCUT2D eigenvalue weighted by Crippen LogP contribution is -2.22. The van der Waals surface area contributed by atoms with E-state index in [0.29, 0.717) is 30.4 Å². The average Bonchev–Trinajstić information content (AvgIpc) is 3.28. The van der Waals surface area contributed by atoms with Crippen molar-refractivity contribution in [3.05, 3.63) is 44.7 Å². The summed E-state index contributed by atoms with van der Waals surface area (Å²) in [6, 6.07) is 1.15. The molecule has 25 heavy (non-hydrogen) atoms. The monoisotopic (exact) mass is 412 g/mol. The number of halogens is 3. The number of ketones is 1. The average molecular weight is 413 g/mol. The molecule has 134 valence electrons. The molecule has 1 aromatic carbocycles. The molecule has 3 atom stereocenters. The van der Waals surface area contributed by atoms with Gasteiger partial charge in [0.1, 0.15) is 17.6 Å². The molecule has 3 nitrogen and oxygen atoms in total. The Kier molecular flexibility index (Phi) is 5.09. The van der Waals surface area contributed by atoms with E-state index in [1.165, 1.54) is 0 Å². The van der Waals surface area contributed by atoms with E-state index in [0.717, 1.165) is 6.07 Å². The molecule has 0 bridgehead atoms. The number of ether oxygens (including phenoxy) is 1. The van der Waals surface area contributed by atoms with Crippen LogP contribution in [0.15, 0.2) is 22.2 Å². The van der Waals surface area contributed by atoms with Gasteiger partial charge in [-0.3, -0.25) is 4.79 Å². The molecule has 0 radical (unpaired) electrons. The van der Waals surface area contributed by atoms with Crippen molar-refractivity contribution in [3.63, 3.8) is 0 Å². The lowest BCUT2D eigenvalue weighted by Gasteiger charge is -2.25. The molecule has 0 N–H and O–H groups in total. The summed E-state index contributed by atoms with van der Waals surface area (Å²) >= 11 is 3.22. The third-order valence-electron chi connectivity index (χ3n) is 4.96. The predicted molar refractivity (Wildman–Crippen MR) is 92.9 cm³/mol. The van der Waals surface area contributed by atoms with Crippen LogP contribution in [0.3, 0.4) is 0 Å². The second-order valence-electron chi connectivity index (χ2n) is 6.53. The van der Waals surface area contributed by atoms with Crippen LogP contribution in [0, 0.1) is 18.7 Å². The summed E-state index contributed by atoms with van der Waals surface area (Å²) in [4.78, 5) is 25.1. The topological polar surface area (TPSA) is 43.4 Å². The molecular formula is C19H19BrF2O3. The summed E-state index contributed by atoms with van der Waals surface area (Å²) in [5.74, 6) is -2.14. The van der Waals surface area contributed by atoms with Crippen LogP contribution in [0.5, 0.6) is 0 Å². The second-order valence-corrected chi connectivity index (χ2v) is 7.32. The molecule has 1 aromatic rings. The van der Waals surface area contributed by atoms with Crippen LogP contribution in [0.25, 0.3) is 0 Å². The van der Waals surface area contributed by atoms with E-state index < -0.39 is 23.7 Å². The molecule has 1 unspecified atom stereocenters. The van der Waals surface area contributed by atoms with Gasteiger partial charge in [-0.2, -0.15) is 0 Å². The van der Waals surface area contributed by atoms with Crippen molar-refractivity contribution >= 4 is 27.7 Å². The van der Waals surface area contributed by atoms with E-state index >= 15 is 0 Å². The van der Waals surface area contributed by atoms with E-state index in [9.17, 15) is 18.4 Å². The molecule has 2 aliphatic rings. The van der Waals surface area contributed by atoms with Crippen LogP contribution in [-0.4, -0.2) is 24.5 Å². The Labute approximate surface area is 153 Å². The maximum Gasteiger partial charge on any atom is 0.341 e. The molecule has 1 saturated carbocycles. The Bertz CT molecular complexity index is 772. The number of alkyl halides is 1. The Morgan fingerprint density at radius 1 is 1.44 bits per heavy atom. The van der Waals surface area contributed by atoms with E-state index in [1.54, 1.807) is 19.9 Å². The molecule has 0 amide bonds. The maximum atomic E-state index is 14.3. The van der Waals surface area contributed by atoms with Crippen LogP contribution in [0.2, 0.25) is 0 Å². The first-order chi connectivity index (χ1) is 11.9. The Hall–Kier alpha value is -1.56. The summed E-state index contributed by atoms with van der Waals surface area (Å²) in [5.41, 5.74) is 1.31. The summed E-state index contributed by atoms with van der Waals surface area (Å²) in [6.07, 6.45) is 2.20. The van der Waals surface area contributed by atoms with Crippen molar-refractivity contribution in [2.45, 2.75) is 45.2 Å². The van der Waals surface area contributed by atoms with Crippen LogP contribution >= 0.6 is 15.9 Å². The number of hydrogen-bond acceptors (Lipinski definition) is 3. The van der Waals surface area contributed by atoms with Gasteiger partial charge < -0.3 is 4.74 Å². The molecule has 0 saturated heterocycles. The smallest absolute Gasteiger partial charge is 0.341 e. The van der Waals surface area contributed by atoms with Gasteiger partial charge in [0.2, 0.25) is 0 Å². The van der Waals surface area contributed by atoms with Gasteiger partial charge in [0.25, 0.3) is 0 Å². The lowest BCUT2D eigenvalue weighted by atomic mass is 9.79. The lowest BCUT2D eigenvalue weighted by molar-refractivity contribution is -0.138. The van der Waals surface area contributed by atoms with Gasteiger partial charge in [0.15, 0.2) is 5.78 Å². The van der Waals surface area contributed by atoms with Crippen molar-refractivity contribution in [2.24, 2.45) is 5.92 Å². The van der Waals surface area contributed by atoms with E-state index in [4.69, 9.17) is 4.74 Å². The van der Waals surface area contributed by atoms with Crippen molar-refractivity contribution in [3.8, 4) is 0 Å². The fourth-order valence-corrected chi connectivity index (χ4v) is 3.96. The summed E-state index contributed by atoms with van der Waals surface area (Å²) in [7, 11) is 0. The minimum atomic E-state index is -0.885. The van der Waals surface area contributed by atoms with Gasteiger partial charge in [-0.1, -0.05) is 6.08 Å². The highest BCUT2D eigenvalue weighted by atomic mass is 79.9. The van der Waals surface area contributed by atoms with E-state index in [1.807, 2.05) is 0 Å². The van der Waals surface area contributed by atoms with E-state index in [2.05, 4.69) is 15.9 Å². The van der Waals surface area contributed by atoms with Gasteiger partial charge in [-0.05, 0) is 78.1 Å². The zero-order valence-corrected chi connectivity index (χ0v) is 15.7. The van der Waals surface area contributed by atoms with Crippen molar-refractivity contribution < 1.29 is 23.1 Å². The molecule has 0 aromatic heterocycles. The fourth-order valence-electron chi connectivity index (χ4n) is 3.63. The molecule has 2 aliphatic carbocycles. The first-order valence-electron chi connectivity index (χ1n) is 8.41. The number of carbonyl (C=O) groups excluding carboxylic acids is 2. The number of carbonyl (C=O) groups is 2. The van der Waals surface area contributed by atoms with Crippen LogP contribution in [0.4, 0.5) is 8.78 Å². The fraction of sp³-hybridized carbons (Fsp3) is 0.474. The molecule has 0 spiro atoms. The highest BCUT2D eigenvalue weighted by Crippen LogP contribution is 2.50. The Morgan fingerprint density at radius 3 is 2.72 bits per heavy atom. The number of Topliss-reactive ketones (excluding diaryl/α,β-unsaturated/α-hetero) is 1. The highest BCUT2D eigenvalue weighted by molar-refractivity contribution is 9.10. The minimum Gasteiger partial charge on any atom is -0.462 e. The molecule has 6 heteroatoms. The minimum absolute atomic E-state index is 0.0738. The Balaban J connectivity index is 2.14. The van der Waals surface area contributed by atoms with Crippen LogP contribution in [0.1, 0.15) is 53.6 Å². The van der Waals surface area contributed by atoms with Gasteiger partial charge in [-0.15, -0.1) is 0 Å². The predicted octanol–water partition coefficient (Wildman–Crippen LogP) is 4.80. The number of hydrogen-bond donors (Lipinski definition) is 0. The van der Waals surface area contributed by atoms with Crippen molar-refractivity contribution in [1.29, 1.82) is 0 Å². The van der Waals surface area contributed by atoms with Crippen molar-refractivity contribution in [1.82, 2.24) is 0 Å². The summed E-state index contributed by atoms with van der Waals surface area (Å²) in [5, 5.41) is 0. The quantitative estimate of drug-likeness (QED) is 0.528. The number of rotatable bonds is 3. The molecular weight excluding hydrogens is 394 g/mol. The van der Waals surface area contributed by atoms with Gasteiger partial charge in [-0.25, -0.2) is 13.6 Å². The third-order valence-corrected chi connectivity index (χ3v) is 5.93.